The van der Waals surface area contributed by atoms with Crippen LogP contribution in [0.4, 0.5) is 0 Å². The standard InChI is InChI=1S/HO4P.2O.U/c1-3-4-5-2;;;/h5H;;;/p+1. The van der Waals surface area contributed by atoms with E-state index in [1.165, 1.54) is 0 Å². The molecule has 0 radical (unpaired) electrons. The molecule has 0 saturated heterocycles. The van der Waals surface area contributed by atoms with Gasteiger partial charge in [0.25, 0.3) is 0 Å². The number of hydrogen-bond donors (Lipinski definition) is 1. The van der Waals surface area contributed by atoms with E-state index in [4.69, 9.17) is 14.3 Å². The maximum atomic E-state index is 9.05. The second-order valence-electron chi connectivity index (χ2n) is 0.325. The Morgan fingerprint density at radius 3 is 1.88 bits per heavy atom. The molecule has 0 aliphatic rings. The van der Waals surface area contributed by atoms with E-state index < -0.39 is 36.5 Å². The Bertz CT molecular complexity index is 72.6. The molecule has 0 amide bonds. The van der Waals surface area contributed by atoms with Gasteiger partial charge in [0.05, 0.1) is 4.67 Å². The van der Waals surface area contributed by atoms with Gasteiger partial charge in [-0.25, -0.2) is 5.26 Å². The summed E-state index contributed by atoms with van der Waals surface area (Å²) >= 11 is -2.51. The van der Waals surface area contributed by atoms with Gasteiger partial charge in [0.15, 0.2) is 0 Å². The SMILES string of the molecule is O=[PH+]OOO.[O]=[U]=[O]. The fourth-order valence-electron chi connectivity index (χ4n) is 0.0152. The average Bonchev–Trinajstić information content (AvgIpc) is 1.71. The van der Waals surface area contributed by atoms with Gasteiger partial charge in [0.1, 0.15) is 0 Å². The molecule has 0 spiro atoms. The van der Waals surface area contributed by atoms with Crippen molar-refractivity contribution in [2.75, 3.05) is 0 Å². The third-order valence-electron chi connectivity index (χ3n) is 0.0713. The molecule has 0 aromatic carbocycles. The molecule has 46 valence electrons. The Labute approximate surface area is 60.5 Å². The van der Waals surface area contributed by atoms with Gasteiger partial charge >= 0.3 is 41.0 Å². The molecule has 8 heteroatoms. The summed E-state index contributed by atoms with van der Waals surface area (Å²) in [4.78, 5) is 0. The molecule has 0 aliphatic heterocycles. The summed E-state index contributed by atoms with van der Waals surface area (Å²) in [6, 6.07) is 0. The molecule has 0 fully saturated rings. The van der Waals surface area contributed by atoms with Crippen LogP contribution in [0.2, 0.25) is 0 Å². The Morgan fingerprint density at radius 2 is 1.88 bits per heavy atom. The fraction of sp³-hybridized carbons (Fsp3) is 0. The molecule has 0 aliphatic carbocycles. The van der Waals surface area contributed by atoms with E-state index in [0.717, 1.165) is 0 Å². The summed E-state index contributed by atoms with van der Waals surface area (Å²) in [6.07, 6.45) is 0. The van der Waals surface area contributed by atoms with Gasteiger partial charge in [-0.05, 0) is 9.60 Å². The molecular weight excluding hydrogens is 365 g/mol. The van der Waals surface area contributed by atoms with E-state index in [-0.39, 0.29) is 0 Å². The van der Waals surface area contributed by atoms with Crippen molar-refractivity contribution in [1.29, 1.82) is 0 Å². The van der Waals surface area contributed by atoms with Gasteiger partial charge in [-0.15, -0.1) is 0 Å². The normalized spacial score (nSPS) is 6.62. The van der Waals surface area contributed by atoms with Crippen LogP contribution in [-0.2, 0) is 18.7 Å². The summed E-state index contributed by atoms with van der Waals surface area (Å²) in [6.45, 7) is 0. The predicted octanol–water partition coefficient (Wildman–Crippen LogP) is 0.109. The fourth-order valence-corrected chi connectivity index (χ4v) is 0.0456. The zero-order valence-electron chi connectivity index (χ0n) is 3.49. The van der Waals surface area contributed by atoms with Gasteiger partial charge in [0.2, 0.25) is 0 Å². The molecule has 0 saturated carbocycles. The van der Waals surface area contributed by atoms with Crippen molar-refractivity contribution in [1.82, 2.24) is 0 Å². The molecule has 1 unspecified atom stereocenters. The van der Waals surface area contributed by atoms with E-state index in [9.17, 15) is 0 Å². The second-order valence-corrected chi connectivity index (χ2v) is 1.35. The number of hydrogen-bond acceptors (Lipinski definition) is 6. The molecule has 0 bridgehead atoms. The first-order chi connectivity index (χ1) is 3.83. The van der Waals surface area contributed by atoms with Crippen molar-refractivity contribution < 1.29 is 51.8 Å². The Morgan fingerprint density at radius 1 is 1.50 bits per heavy atom. The van der Waals surface area contributed by atoms with Crippen LogP contribution in [0.3, 0.4) is 0 Å². The van der Waals surface area contributed by atoms with Crippen molar-refractivity contribution >= 4 is 8.69 Å². The Kier molecular flexibility index (Phi) is 22.4. The minimum absolute atomic E-state index is 1.06. The molecular formula is H2O6PU+. The summed E-state index contributed by atoms with van der Waals surface area (Å²) < 4.78 is 29.6. The van der Waals surface area contributed by atoms with Crippen LogP contribution in [0.25, 0.3) is 0 Å². The van der Waals surface area contributed by atoms with Crippen molar-refractivity contribution in [2.24, 2.45) is 0 Å². The van der Waals surface area contributed by atoms with Crippen molar-refractivity contribution in [3.63, 3.8) is 0 Å². The topological polar surface area (TPSA) is 89.9 Å². The Hall–Kier alpha value is 0.632. The van der Waals surface area contributed by atoms with Crippen LogP contribution in [0.15, 0.2) is 0 Å². The van der Waals surface area contributed by atoms with Crippen LogP contribution in [0.5, 0.6) is 0 Å². The average molecular weight is 367 g/mol. The number of rotatable bonds is 2. The molecule has 0 heterocycles. The van der Waals surface area contributed by atoms with Gasteiger partial charge < -0.3 is 0 Å². The second kappa shape index (κ2) is 15.6. The molecule has 8 heavy (non-hydrogen) atoms. The third kappa shape index (κ3) is 30.4. The zero-order valence-corrected chi connectivity index (χ0v) is 8.65. The van der Waals surface area contributed by atoms with Crippen LogP contribution >= 0.6 is 8.69 Å². The first-order valence-electron chi connectivity index (χ1n) is 1.17. The Balaban J connectivity index is 0. The summed E-state index contributed by atoms with van der Waals surface area (Å²) in [5.74, 6) is 0. The van der Waals surface area contributed by atoms with Gasteiger partial charge in [-0.2, -0.15) is 0 Å². The van der Waals surface area contributed by atoms with Gasteiger partial charge in [-0.1, -0.05) is 0 Å². The van der Waals surface area contributed by atoms with Crippen molar-refractivity contribution in [3.8, 4) is 0 Å². The molecule has 0 aromatic heterocycles. The predicted molar refractivity (Wildman–Crippen MR) is 15.2 cm³/mol. The monoisotopic (exact) mass is 367 g/mol. The first kappa shape index (κ1) is 11.4. The first-order valence-corrected chi connectivity index (χ1v) is 5.38. The molecule has 0 aromatic rings. The van der Waals surface area contributed by atoms with Crippen LogP contribution in [0, 0.1) is 27.8 Å². The van der Waals surface area contributed by atoms with E-state index in [0.29, 0.717) is 0 Å². The molecule has 1 N–H and O–H groups in total. The van der Waals surface area contributed by atoms with Crippen LogP contribution < -0.4 is 0 Å². The molecule has 1 atom stereocenters. The van der Waals surface area contributed by atoms with Gasteiger partial charge in [-0.3, -0.25) is 0 Å². The minimum atomic E-state index is -2.51. The van der Waals surface area contributed by atoms with Gasteiger partial charge in [0, 0.05) is 0 Å². The zero-order chi connectivity index (χ0) is 6.83. The molecule has 6 nitrogen and oxygen atoms in total. The van der Waals surface area contributed by atoms with E-state index in [2.05, 4.69) is 9.71 Å². The summed E-state index contributed by atoms with van der Waals surface area (Å²) in [7, 11) is -1.06. The maximum absolute atomic E-state index is 9.05. The van der Waals surface area contributed by atoms with E-state index >= 15 is 0 Å². The van der Waals surface area contributed by atoms with Crippen molar-refractivity contribution in [3.05, 3.63) is 0 Å². The van der Waals surface area contributed by atoms with Crippen LogP contribution in [-0.4, -0.2) is 5.26 Å². The van der Waals surface area contributed by atoms with Crippen molar-refractivity contribution in [2.45, 2.75) is 0 Å². The summed E-state index contributed by atoms with van der Waals surface area (Å²) in [5.41, 5.74) is 0. The quantitative estimate of drug-likeness (QED) is 0.424. The summed E-state index contributed by atoms with van der Waals surface area (Å²) in [5, 5.41) is 10.0. The van der Waals surface area contributed by atoms with E-state index in [1.54, 1.807) is 0 Å². The van der Waals surface area contributed by atoms with E-state index in [1.807, 2.05) is 0 Å². The van der Waals surface area contributed by atoms with Crippen LogP contribution in [0.1, 0.15) is 0 Å². The third-order valence-corrected chi connectivity index (χ3v) is 0.214. The molecule has 0 rings (SSSR count).